The molecule has 0 amide bonds. The predicted octanol–water partition coefficient (Wildman–Crippen LogP) is 2.39. The maximum Gasteiger partial charge on any atom is 0.146 e. The maximum atomic E-state index is 4.45. The topological polar surface area (TPSA) is 41.0 Å². The van der Waals surface area contributed by atoms with E-state index < -0.39 is 0 Å². The quantitative estimate of drug-likeness (QED) is 0.936. The van der Waals surface area contributed by atoms with Gasteiger partial charge in [-0.1, -0.05) is 24.3 Å². The van der Waals surface area contributed by atoms with Gasteiger partial charge in [0.1, 0.15) is 12.1 Å². The maximum absolute atomic E-state index is 4.45. The first-order chi connectivity index (χ1) is 9.79. The van der Waals surface area contributed by atoms with E-state index in [2.05, 4.69) is 60.4 Å². The van der Waals surface area contributed by atoms with E-state index in [0.717, 1.165) is 29.8 Å². The fourth-order valence-corrected chi connectivity index (χ4v) is 3.22. The molecule has 1 atom stereocenters. The van der Waals surface area contributed by atoms with Gasteiger partial charge >= 0.3 is 0 Å². The fourth-order valence-electron chi connectivity index (χ4n) is 2.77. The lowest BCUT2D eigenvalue weighted by Crippen LogP contribution is -2.46. The van der Waals surface area contributed by atoms with E-state index in [1.807, 2.05) is 7.05 Å². The van der Waals surface area contributed by atoms with Crippen LogP contribution < -0.4 is 10.2 Å². The summed E-state index contributed by atoms with van der Waals surface area (Å²) in [4.78, 5) is 10.9. The lowest BCUT2D eigenvalue weighted by atomic mass is 9.94. The molecule has 1 aliphatic rings. The molecule has 0 spiro atoms. The average Bonchev–Trinajstić information content (AvgIpc) is 2.48. The Labute approximate surface area is 127 Å². The van der Waals surface area contributed by atoms with Crippen LogP contribution in [0.4, 0.5) is 5.82 Å². The lowest BCUT2D eigenvalue weighted by Gasteiger charge is -2.38. The number of fused-ring (bicyclic) bond motifs is 1. The zero-order valence-corrected chi connectivity index (χ0v) is 13.0. The predicted molar refractivity (Wildman–Crippen MR) is 83.8 cm³/mol. The summed E-state index contributed by atoms with van der Waals surface area (Å²) in [5.41, 5.74) is 2.82. The molecule has 104 valence electrons. The third kappa shape index (κ3) is 2.55. The number of halogens is 1. The summed E-state index contributed by atoms with van der Waals surface area (Å²) >= 11 is 3.56. The van der Waals surface area contributed by atoms with Gasteiger partial charge in [-0.05, 0) is 40.5 Å². The van der Waals surface area contributed by atoms with Crippen molar-refractivity contribution in [1.82, 2.24) is 15.3 Å². The highest BCUT2D eigenvalue weighted by Crippen LogP contribution is 2.31. The molecule has 2 aromatic rings. The van der Waals surface area contributed by atoms with E-state index in [1.54, 1.807) is 12.5 Å². The Hall–Kier alpha value is -1.46. The number of rotatable bonds is 3. The molecule has 0 bridgehead atoms. The number of hydrogen-bond donors (Lipinski definition) is 1. The van der Waals surface area contributed by atoms with Crippen LogP contribution in [-0.2, 0) is 13.0 Å². The molecule has 0 aliphatic carbocycles. The van der Waals surface area contributed by atoms with Gasteiger partial charge in [-0.2, -0.15) is 0 Å². The number of hydrogen-bond acceptors (Lipinski definition) is 4. The van der Waals surface area contributed by atoms with Gasteiger partial charge in [0.2, 0.25) is 0 Å². The second-order valence-corrected chi connectivity index (χ2v) is 5.86. The minimum atomic E-state index is 0.404. The molecular formula is C15H17BrN4. The minimum Gasteiger partial charge on any atom is -0.347 e. The van der Waals surface area contributed by atoms with Gasteiger partial charge in [-0.15, -0.1) is 0 Å². The van der Waals surface area contributed by atoms with Crippen molar-refractivity contribution in [2.75, 3.05) is 18.5 Å². The standard InChI is InChI=1S/C15H17BrN4/c1-17-7-13-6-11-4-2-3-5-12(11)9-20(13)15-14(16)8-18-10-19-15/h2-5,8,10,13,17H,6-7,9H2,1H3. The van der Waals surface area contributed by atoms with Crippen LogP contribution in [0.15, 0.2) is 41.3 Å². The SMILES string of the molecule is CNCC1Cc2ccccc2CN1c1ncncc1Br. The Morgan fingerprint density at radius 1 is 1.35 bits per heavy atom. The van der Waals surface area contributed by atoms with Crippen molar-refractivity contribution in [2.45, 2.75) is 19.0 Å². The van der Waals surface area contributed by atoms with Gasteiger partial charge in [0.05, 0.1) is 4.47 Å². The first kappa shape index (κ1) is 13.5. The highest BCUT2D eigenvalue weighted by atomic mass is 79.9. The van der Waals surface area contributed by atoms with Crippen LogP contribution in [0, 0.1) is 0 Å². The van der Waals surface area contributed by atoms with Crippen LogP contribution in [0.2, 0.25) is 0 Å². The summed E-state index contributed by atoms with van der Waals surface area (Å²) in [5.74, 6) is 0.967. The third-order valence-corrected chi connectivity index (χ3v) is 4.27. The Morgan fingerprint density at radius 3 is 2.90 bits per heavy atom. The van der Waals surface area contributed by atoms with Crippen LogP contribution in [0.5, 0.6) is 0 Å². The molecule has 0 saturated heterocycles. The molecule has 3 rings (SSSR count). The van der Waals surface area contributed by atoms with Crippen molar-refractivity contribution in [3.8, 4) is 0 Å². The van der Waals surface area contributed by atoms with Gasteiger partial charge in [0, 0.05) is 25.3 Å². The number of benzene rings is 1. The first-order valence-electron chi connectivity index (χ1n) is 6.73. The molecule has 1 aromatic heterocycles. The summed E-state index contributed by atoms with van der Waals surface area (Å²) in [5, 5.41) is 3.29. The average molecular weight is 333 g/mol. The zero-order valence-electron chi connectivity index (χ0n) is 11.4. The molecule has 1 aliphatic heterocycles. The smallest absolute Gasteiger partial charge is 0.146 e. The van der Waals surface area contributed by atoms with Crippen LogP contribution in [-0.4, -0.2) is 29.6 Å². The van der Waals surface area contributed by atoms with Crippen LogP contribution in [0.25, 0.3) is 0 Å². The zero-order chi connectivity index (χ0) is 13.9. The van der Waals surface area contributed by atoms with E-state index in [0.29, 0.717) is 6.04 Å². The van der Waals surface area contributed by atoms with E-state index in [4.69, 9.17) is 0 Å². The number of anilines is 1. The number of nitrogens with one attached hydrogen (secondary N) is 1. The second kappa shape index (κ2) is 5.89. The Bertz CT molecular complexity index is 602. The Morgan fingerprint density at radius 2 is 2.15 bits per heavy atom. The van der Waals surface area contributed by atoms with E-state index in [1.165, 1.54) is 11.1 Å². The van der Waals surface area contributed by atoms with Crippen molar-refractivity contribution in [3.05, 3.63) is 52.4 Å². The van der Waals surface area contributed by atoms with Crippen LogP contribution in [0.3, 0.4) is 0 Å². The Balaban J connectivity index is 1.98. The second-order valence-electron chi connectivity index (χ2n) is 5.01. The van der Waals surface area contributed by atoms with Gasteiger partial charge < -0.3 is 10.2 Å². The molecule has 0 fully saturated rings. The molecular weight excluding hydrogens is 316 g/mol. The van der Waals surface area contributed by atoms with Crippen molar-refractivity contribution in [1.29, 1.82) is 0 Å². The molecule has 0 radical (unpaired) electrons. The van der Waals surface area contributed by atoms with Crippen molar-refractivity contribution < 1.29 is 0 Å². The molecule has 1 N–H and O–H groups in total. The Kier molecular flexibility index (Phi) is 3.98. The van der Waals surface area contributed by atoms with Gasteiger partial charge in [0.25, 0.3) is 0 Å². The van der Waals surface area contributed by atoms with E-state index in [-0.39, 0.29) is 0 Å². The molecule has 4 nitrogen and oxygen atoms in total. The monoisotopic (exact) mass is 332 g/mol. The first-order valence-corrected chi connectivity index (χ1v) is 7.52. The largest absolute Gasteiger partial charge is 0.347 e. The minimum absolute atomic E-state index is 0.404. The third-order valence-electron chi connectivity index (χ3n) is 3.72. The normalized spacial score (nSPS) is 17.9. The van der Waals surface area contributed by atoms with E-state index >= 15 is 0 Å². The van der Waals surface area contributed by atoms with Crippen molar-refractivity contribution in [2.24, 2.45) is 0 Å². The molecule has 0 saturated carbocycles. The number of aromatic nitrogens is 2. The van der Waals surface area contributed by atoms with E-state index in [9.17, 15) is 0 Å². The van der Waals surface area contributed by atoms with Gasteiger partial charge in [-0.3, -0.25) is 0 Å². The molecule has 2 heterocycles. The molecule has 5 heteroatoms. The van der Waals surface area contributed by atoms with Crippen molar-refractivity contribution in [3.63, 3.8) is 0 Å². The van der Waals surface area contributed by atoms with Crippen LogP contribution in [0.1, 0.15) is 11.1 Å². The molecule has 1 aromatic carbocycles. The van der Waals surface area contributed by atoms with Gasteiger partial charge in [0.15, 0.2) is 0 Å². The summed E-state index contributed by atoms with van der Waals surface area (Å²) < 4.78 is 0.945. The lowest BCUT2D eigenvalue weighted by molar-refractivity contribution is 0.522. The van der Waals surface area contributed by atoms with Crippen molar-refractivity contribution >= 4 is 21.7 Å². The summed E-state index contributed by atoms with van der Waals surface area (Å²) in [6.45, 7) is 1.82. The van der Waals surface area contributed by atoms with Crippen LogP contribution >= 0.6 is 15.9 Å². The fraction of sp³-hybridized carbons (Fsp3) is 0.333. The summed E-state index contributed by atoms with van der Waals surface area (Å²) in [7, 11) is 1.99. The number of nitrogens with zero attached hydrogens (tertiary/aromatic N) is 3. The highest BCUT2D eigenvalue weighted by Gasteiger charge is 2.27. The molecule has 20 heavy (non-hydrogen) atoms. The highest BCUT2D eigenvalue weighted by molar-refractivity contribution is 9.10. The van der Waals surface area contributed by atoms with Gasteiger partial charge in [-0.25, -0.2) is 9.97 Å². The molecule has 1 unspecified atom stereocenters. The summed E-state index contributed by atoms with van der Waals surface area (Å²) in [6.07, 6.45) is 4.45. The number of likely N-dealkylation sites (N-methyl/N-ethyl adjacent to an activating group) is 1. The summed E-state index contributed by atoms with van der Waals surface area (Å²) in [6, 6.07) is 9.05.